The van der Waals surface area contributed by atoms with Crippen LogP contribution in [0.4, 0.5) is 0 Å². The first kappa shape index (κ1) is 9.91. The lowest BCUT2D eigenvalue weighted by atomic mass is 10.4. The van der Waals surface area contributed by atoms with Crippen molar-refractivity contribution in [1.29, 1.82) is 0 Å². The van der Waals surface area contributed by atoms with Crippen molar-refractivity contribution in [3.63, 3.8) is 0 Å². The van der Waals surface area contributed by atoms with Gasteiger partial charge in [-0.25, -0.2) is 4.79 Å². The first-order chi connectivity index (χ1) is 4.10. The molecule has 0 spiro atoms. The van der Waals surface area contributed by atoms with Crippen LogP contribution in [0.15, 0.2) is 0 Å². The van der Waals surface area contributed by atoms with E-state index in [9.17, 15) is 4.79 Å². The summed E-state index contributed by atoms with van der Waals surface area (Å²) in [5.41, 5.74) is 0. The van der Waals surface area contributed by atoms with Crippen molar-refractivity contribution in [3.05, 3.63) is 0 Å². The molecule has 10 heavy (non-hydrogen) atoms. The fourth-order valence-corrected chi connectivity index (χ4v) is 0.881. The number of rotatable bonds is 0. The van der Waals surface area contributed by atoms with E-state index in [2.05, 4.69) is 0 Å². The molecule has 4 heteroatoms. The Hall–Kier alpha value is -0.0900. The molecule has 1 heterocycles. The second-order valence-electron chi connectivity index (χ2n) is 3.04. The highest BCUT2D eigenvalue weighted by molar-refractivity contribution is 5.70. The van der Waals surface area contributed by atoms with Crippen molar-refractivity contribution in [1.82, 2.24) is 0 Å². The van der Waals surface area contributed by atoms with E-state index in [1.54, 1.807) is 0 Å². The summed E-state index contributed by atoms with van der Waals surface area (Å²) in [5.74, 6) is -0.0775. The molecule has 1 saturated heterocycles. The lowest BCUT2D eigenvalue weighted by Gasteiger charge is -2.31. The van der Waals surface area contributed by atoms with Crippen molar-refractivity contribution < 1.29 is 31.0 Å². The van der Waals surface area contributed by atoms with Gasteiger partial charge in [0.05, 0.1) is 14.1 Å². The fraction of sp³-hybridized carbons (Fsp3) is 0.833. The number of cyclic esters (lactones) is 1. The number of carbonyl (C=O) groups is 1. The van der Waals surface area contributed by atoms with Gasteiger partial charge in [-0.15, -0.1) is 0 Å². The monoisotopic (exact) mass is 209 g/mol. The Morgan fingerprint density at radius 3 is 2.40 bits per heavy atom. The van der Waals surface area contributed by atoms with Crippen molar-refractivity contribution in [2.75, 3.05) is 33.8 Å². The number of hydrogen-bond donors (Lipinski definition) is 0. The van der Waals surface area contributed by atoms with Crippen LogP contribution in [0.2, 0.25) is 0 Å². The Labute approximate surface area is 71.3 Å². The SMILES string of the molecule is C[N+]1(C)CCOC(=O)C1.[Br-]. The lowest BCUT2D eigenvalue weighted by molar-refractivity contribution is -0.887. The van der Waals surface area contributed by atoms with E-state index in [-0.39, 0.29) is 23.0 Å². The van der Waals surface area contributed by atoms with Crippen LogP contribution in [0.5, 0.6) is 0 Å². The molecule has 0 N–H and O–H groups in total. The van der Waals surface area contributed by atoms with E-state index >= 15 is 0 Å². The molecule has 0 atom stereocenters. The molecule has 0 aliphatic carbocycles. The second kappa shape index (κ2) is 3.34. The zero-order chi connectivity index (χ0) is 6.91. The van der Waals surface area contributed by atoms with Crippen molar-refractivity contribution in [3.8, 4) is 0 Å². The molecule has 1 fully saturated rings. The number of halogens is 1. The van der Waals surface area contributed by atoms with Gasteiger partial charge in [0.2, 0.25) is 0 Å². The van der Waals surface area contributed by atoms with Gasteiger partial charge in [-0.1, -0.05) is 0 Å². The van der Waals surface area contributed by atoms with Crippen molar-refractivity contribution >= 4 is 5.97 Å². The van der Waals surface area contributed by atoms with Crippen LogP contribution < -0.4 is 17.0 Å². The predicted octanol–water partition coefficient (Wildman–Crippen LogP) is -3.38. The van der Waals surface area contributed by atoms with Gasteiger partial charge in [0.25, 0.3) is 0 Å². The predicted molar refractivity (Wildman–Crippen MR) is 32.8 cm³/mol. The number of carbonyl (C=O) groups excluding carboxylic acids is 1. The van der Waals surface area contributed by atoms with Gasteiger partial charge < -0.3 is 26.2 Å². The summed E-state index contributed by atoms with van der Waals surface area (Å²) in [7, 11) is 4.06. The molecule has 0 bridgehead atoms. The molecule has 0 saturated carbocycles. The molecule has 3 nitrogen and oxygen atoms in total. The Balaban J connectivity index is 0.000000810. The van der Waals surface area contributed by atoms with Gasteiger partial charge in [0, 0.05) is 0 Å². The highest BCUT2D eigenvalue weighted by atomic mass is 79.9. The van der Waals surface area contributed by atoms with Crippen LogP contribution in [0.25, 0.3) is 0 Å². The van der Waals surface area contributed by atoms with E-state index in [4.69, 9.17) is 4.74 Å². The van der Waals surface area contributed by atoms with E-state index in [0.717, 1.165) is 11.0 Å². The molecule has 0 amide bonds. The molecule has 0 unspecified atom stereocenters. The van der Waals surface area contributed by atoms with Crippen LogP contribution >= 0.6 is 0 Å². The summed E-state index contributed by atoms with van der Waals surface area (Å²) < 4.78 is 5.52. The van der Waals surface area contributed by atoms with Crippen LogP contribution in [0.1, 0.15) is 0 Å². The number of morpholine rings is 1. The maximum atomic E-state index is 10.6. The van der Waals surface area contributed by atoms with Crippen LogP contribution in [0.3, 0.4) is 0 Å². The van der Waals surface area contributed by atoms with Crippen LogP contribution in [-0.2, 0) is 9.53 Å². The third-order valence-corrected chi connectivity index (χ3v) is 1.52. The average Bonchev–Trinajstić information content (AvgIpc) is 1.60. The van der Waals surface area contributed by atoms with Crippen LogP contribution in [0, 0.1) is 0 Å². The summed E-state index contributed by atoms with van der Waals surface area (Å²) in [5, 5.41) is 0. The van der Waals surface area contributed by atoms with E-state index in [1.165, 1.54) is 0 Å². The molecule has 0 aromatic carbocycles. The van der Waals surface area contributed by atoms with Gasteiger partial charge >= 0.3 is 5.97 Å². The van der Waals surface area contributed by atoms with E-state index < -0.39 is 0 Å². The summed E-state index contributed by atoms with van der Waals surface area (Å²) in [6, 6.07) is 0. The minimum absolute atomic E-state index is 0. The largest absolute Gasteiger partial charge is 1.00 e. The third kappa shape index (κ3) is 2.66. The number of ether oxygens (including phenoxy) is 1. The number of esters is 1. The fourth-order valence-electron chi connectivity index (χ4n) is 0.881. The average molecular weight is 210 g/mol. The number of hydrogen-bond acceptors (Lipinski definition) is 2. The van der Waals surface area contributed by atoms with E-state index in [0.29, 0.717) is 13.2 Å². The summed E-state index contributed by atoms with van der Waals surface area (Å²) >= 11 is 0. The molecule has 60 valence electrons. The van der Waals surface area contributed by atoms with Crippen molar-refractivity contribution in [2.24, 2.45) is 0 Å². The Kier molecular flexibility index (Phi) is 3.31. The smallest absolute Gasteiger partial charge is 0.361 e. The topological polar surface area (TPSA) is 26.3 Å². The quantitative estimate of drug-likeness (QED) is 0.308. The number of likely N-dealkylation sites (N-methyl/N-ethyl adjacent to an activating group) is 1. The maximum Gasteiger partial charge on any atom is 0.361 e. The Morgan fingerprint density at radius 2 is 2.10 bits per heavy atom. The molecule has 1 rings (SSSR count). The molecule has 0 radical (unpaired) electrons. The molecule has 0 aromatic rings. The number of quaternary nitrogens is 1. The molecular weight excluding hydrogens is 198 g/mol. The first-order valence-electron chi connectivity index (χ1n) is 3.08. The highest BCUT2D eigenvalue weighted by Gasteiger charge is 2.25. The standard InChI is InChI=1S/C6H12NO2.BrH/c1-7(2)3-4-9-6(8)5-7;/h3-5H2,1-2H3;1H/q+1;/p-1. The van der Waals surface area contributed by atoms with Gasteiger partial charge in [0.1, 0.15) is 13.2 Å². The normalized spacial score (nSPS) is 22.8. The zero-order valence-corrected chi connectivity index (χ0v) is 7.85. The Bertz CT molecular complexity index is 136. The Morgan fingerprint density at radius 1 is 1.50 bits per heavy atom. The van der Waals surface area contributed by atoms with E-state index in [1.807, 2.05) is 14.1 Å². The summed E-state index contributed by atoms with van der Waals surface area (Å²) in [4.78, 5) is 10.6. The highest BCUT2D eigenvalue weighted by Crippen LogP contribution is 2.02. The molecular formula is C6H12BrNO2. The third-order valence-electron chi connectivity index (χ3n) is 1.52. The lowest BCUT2D eigenvalue weighted by Crippen LogP contribution is -3.00. The molecule has 0 aromatic heterocycles. The second-order valence-corrected chi connectivity index (χ2v) is 3.04. The molecule has 1 aliphatic rings. The van der Waals surface area contributed by atoms with Crippen molar-refractivity contribution in [2.45, 2.75) is 0 Å². The zero-order valence-electron chi connectivity index (χ0n) is 6.26. The maximum absolute atomic E-state index is 10.6. The van der Waals surface area contributed by atoms with Gasteiger partial charge in [-0.05, 0) is 0 Å². The summed E-state index contributed by atoms with van der Waals surface area (Å²) in [6.07, 6.45) is 0. The van der Waals surface area contributed by atoms with Gasteiger partial charge in [0.15, 0.2) is 6.54 Å². The number of nitrogens with zero attached hydrogens (tertiary/aromatic N) is 1. The van der Waals surface area contributed by atoms with Crippen LogP contribution in [-0.4, -0.2) is 44.2 Å². The minimum atomic E-state index is -0.0775. The molecule has 1 aliphatic heterocycles. The first-order valence-corrected chi connectivity index (χ1v) is 3.08. The summed E-state index contributed by atoms with van der Waals surface area (Å²) in [6.45, 7) is 2.03. The van der Waals surface area contributed by atoms with Gasteiger partial charge in [-0.3, -0.25) is 0 Å². The van der Waals surface area contributed by atoms with Gasteiger partial charge in [-0.2, -0.15) is 0 Å². The minimum Gasteiger partial charge on any atom is -1.00 e.